The van der Waals surface area contributed by atoms with Crippen LogP contribution >= 0.6 is 0 Å². The molecule has 0 heterocycles. The van der Waals surface area contributed by atoms with Crippen LogP contribution in [0.4, 0.5) is 9.18 Å². The molecule has 0 fully saturated rings. The zero-order valence-electron chi connectivity index (χ0n) is 13.5. The Morgan fingerprint density at radius 2 is 1.79 bits per heavy atom. The van der Waals surface area contributed by atoms with Gasteiger partial charge in [-0.3, -0.25) is 0 Å². The molecular formula is C18H21FN2O3. The number of methoxy groups -OCH3 is 1. The number of ether oxygens (including phenoxy) is 1. The summed E-state index contributed by atoms with van der Waals surface area (Å²) in [6.45, 7) is 0.721. The van der Waals surface area contributed by atoms with Crippen molar-refractivity contribution in [3.8, 4) is 0 Å². The first kappa shape index (κ1) is 17.9. The minimum absolute atomic E-state index is 0.0769. The molecule has 2 aromatic carbocycles. The van der Waals surface area contributed by atoms with Crippen LogP contribution in [0.15, 0.2) is 48.5 Å². The fraction of sp³-hybridized carbons (Fsp3) is 0.278. The smallest absolute Gasteiger partial charge is 0.315 e. The van der Waals surface area contributed by atoms with Crippen molar-refractivity contribution < 1.29 is 19.0 Å². The van der Waals surface area contributed by atoms with Gasteiger partial charge in [0.05, 0.1) is 12.7 Å². The van der Waals surface area contributed by atoms with Crippen molar-refractivity contribution in [2.45, 2.75) is 19.3 Å². The molecule has 0 spiro atoms. The molecule has 0 aromatic heterocycles. The monoisotopic (exact) mass is 332 g/mol. The van der Waals surface area contributed by atoms with Crippen molar-refractivity contribution in [2.24, 2.45) is 0 Å². The lowest BCUT2D eigenvalue weighted by atomic mass is 10.1. The van der Waals surface area contributed by atoms with Gasteiger partial charge in [0.25, 0.3) is 0 Å². The van der Waals surface area contributed by atoms with E-state index in [2.05, 4.69) is 10.6 Å². The number of rotatable bonds is 7. The highest BCUT2D eigenvalue weighted by Gasteiger charge is 2.13. The van der Waals surface area contributed by atoms with Crippen LogP contribution in [0.25, 0.3) is 0 Å². The summed E-state index contributed by atoms with van der Waals surface area (Å²) >= 11 is 0. The minimum atomic E-state index is -1.10. The summed E-state index contributed by atoms with van der Waals surface area (Å²) in [7, 11) is 1.61. The molecule has 0 aliphatic heterocycles. The summed E-state index contributed by atoms with van der Waals surface area (Å²) in [6.07, 6.45) is -1.10. The second-order valence-electron chi connectivity index (χ2n) is 5.30. The van der Waals surface area contributed by atoms with E-state index in [4.69, 9.17) is 4.74 Å². The first-order chi connectivity index (χ1) is 11.6. The molecule has 5 nitrogen and oxygen atoms in total. The average molecular weight is 332 g/mol. The number of amides is 2. The van der Waals surface area contributed by atoms with Crippen LogP contribution in [0.2, 0.25) is 0 Å². The predicted octanol–water partition coefficient (Wildman–Crippen LogP) is 2.50. The lowest BCUT2D eigenvalue weighted by Crippen LogP contribution is -2.37. The molecule has 2 aromatic rings. The summed E-state index contributed by atoms with van der Waals surface area (Å²) < 4.78 is 18.7. The van der Waals surface area contributed by atoms with E-state index in [-0.39, 0.29) is 12.1 Å². The van der Waals surface area contributed by atoms with Gasteiger partial charge in [-0.25, -0.2) is 9.18 Å². The zero-order valence-corrected chi connectivity index (χ0v) is 13.5. The maximum Gasteiger partial charge on any atom is 0.315 e. The summed E-state index contributed by atoms with van der Waals surface area (Å²) in [5.41, 5.74) is 2.10. The van der Waals surface area contributed by atoms with Crippen molar-refractivity contribution >= 4 is 6.03 Å². The molecule has 0 aliphatic carbocycles. The first-order valence-electron chi connectivity index (χ1n) is 7.61. The van der Waals surface area contributed by atoms with Crippen LogP contribution in [-0.2, 0) is 17.9 Å². The first-order valence-corrected chi connectivity index (χ1v) is 7.61. The van der Waals surface area contributed by atoms with Gasteiger partial charge >= 0.3 is 6.03 Å². The lowest BCUT2D eigenvalue weighted by molar-refractivity contribution is 0.169. The van der Waals surface area contributed by atoms with Gasteiger partial charge < -0.3 is 20.5 Å². The number of benzene rings is 2. The molecular weight excluding hydrogens is 311 g/mol. The zero-order chi connectivity index (χ0) is 17.4. The fourth-order valence-corrected chi connectivity index (χ4v) is 2.31. The molecule has 24 heavy (non-hydrogen) atoms. The molecule has 0 bridgehead atoms. The van der Waals surface area contributed by atoms with Gasteiger partial charge in [0.1, 0.15) is 5.82 Å². The summed E-state index contributed by atoms with van der Waals surface area (Å²) in [5, 5.41) is 15.2. The van der Waals surface area contributed by atoms with Crippen molar-refractivity contribution in [3.05, 3.63) is 71.0 Å². The third kappa shape index (κ3) is 5.04. The normalized spacial score (nSPS) is 11.8. The molecule has 1 atom stereocenters. The molecule has 2 amide bonds. The standard InChI is InChI=1S/C18H21FN2O3/c1-24-12-14-7-3-2-6-13(14)10-20-18(23)21-11-17(22)15-8-4-5-9-16(15)19/h2-9,17,22H,10-12H2,1H3,(H2,20,21,23). The van der Waals surface area contributed by atoms with E-state index in [0.29, 0.717) is 13.2 Å². The van der Waals surface area contributed by atoms with Crippen LogP contribution in [0.5, 0.6) is 0 Å². The van der Waals surface area contributed by atoms with Crippen LogP contribution in [0.1, 0.15) is 22.8 Å². The number of hydrogen-bond acceptors (Lipinski definition) is 3. The molecule has 2 rings (SSSR count). The quantitative estimate of drug-likeness (QED) is 0.729. The summed E-state index contributed by atoms with van der Waals surface area (Å²) in [6, 6.07) is 13.1. The number of hydrogen-bond donors (Lipinski definition) is 3. The molecule has 128 valence electrons. The maximum atomic E-state index is 13.6. The maximum absolute atomic E-state index is 13.6. The van der Waals surface area contributed by atoms with Crippen LogP contribution in [-0.4, -0.2) is 24.8 Å². The van der Waals surface area contributed by atoms with E-state index in [1.807, 2.05) is 24.3 Å². The van der Waals surface area contributed by atoms with Crippen molar-refractivity contribution in [3.63, 3.8) is 0 Å². The van der Waals surface area contributed by atoms with E-state index in [0.717, 1.165) is 11.1 Å². The molecule has 0 radical (unpaired) electrons. The number of carbonyl (C=O) groups is 1. The Bertz CT molecular complexity index is 679. The highest BCUT2D eigenvalue weighted by Crippen LogP contribution is 2.15. The summed E-state index contributed by atoms with van der Waals surface area (Å²) in [5.74, 6) is -0.499. The topological polar surface area (TPSA) is 70.6 Å². The van der Waals surface area contributed by atoms with Crippen molar-refractivity contribution in [1.29, 1.82) is 0 Å². The number of nitrogens with one attached hydrogen (secondary N) is 2. The van der Waals surface area contributed by atoms with Crippen molar-refractivity contribution in [1.82, 2.24) is 10.6 Å². The number of aliphatic hydroxyl groups excluding tert-OH is 1. The fourth-order valence-electron chi connectivity index (χ4n) is 2.31. The van der Waals surface area contributed by atoms with Gasteiger partial charge in [-0.1, -0.05) is 42.5 Å². The Labute approximate surface area is 140 Å². The lowest BCUT2D eigenvalue weighted by Gasteiger charge is -2.14. The average Bonchev–Trinajstić information content (AvgIpc) is 2.59. The molecule has 3 N–H and O–H groups in total. The Morgan fingerprint density at radius 1 is 1.12 bits per heavy atom. The molecule has 1 unspecified atom stereocenters. The largest absolute Gasteiger partial charge is 0.386 e. The minimum Gasteiger partial charge on any atom is -0.386 e. The van der Waals surface area contributed by atoms with Crippen LogP contribution in [0.3, 0.4) is 0 Å². The van der Waals surface area contributed by atoms with Gasteiger partial charge in [0, 0.05) is 25.8 Å². The van der Waals surface area contributed by atoms with E-state index in [1.165, 1.54) is 12.1 Å². The Hall–Kier alpha value is -2.44. The van der Waals surface area contributed by atoms with Gasteiger partial charge in [0.2, 0.25) is 0 Å². The van der Waals surface area contributed by atoms with E-state index < -0.39 is 18.0 Å². The summed E-state index contributed by atoms with van der Waals surface area (Å²) in [4.78, 5) is 11.8. The van der Waals surface area contributed by atoms with E-state index in [1.54, 1.807) is 19.2 Å². The van der Waals surface area contributed by atoms with E-state index in [9.17, 15) is 14.3 Å². The highest BCUT2D eigenvalue weighted by atomic mass is 19.1. The third-order valence-electron chi connectivity index (χ3n) is 3.58. The SMILES string of the molecule is COCc1ccccc1CNC(=O)NCC(O)c1ccccc1F. The van der Waals surface area contributed by atoms with Gasteiger partial charge in [-0.2, -0.15) is 0 Å². The Kier molecular flexibility index (Phi) is 6.72. The molecule has 0 saturated carbocycles. The number of aliphatic hydroxyl groups is 1. The number of urea groups is 1. The molecule has 0 aliphatic rings. The van der Waals surface area contributed by atoms with Crippen LogP contribution < -0.4 is 10.6 Å². The Balaban J connectivity index is 1.83. The van der Waals surface area contributed by atoms with Crippen LogP contribution in [0, 0.1) is 5.82 Å². The van der Waals surface area contributed by atoms with Crippen molar-refractivity contribution in [2.75, 3.05) is 13.7 Å². The Morgan fingerprint density at radius 3 is 2.50 bits per heavy atom. The highest BCUT2D eigenvalue weighted by molar-refractivity contribution is 5.73. The van der Waals surface area contributed by atoms with Gasteiger partial charge in [0.15, 0.2) is 0 Å². The third-order valence-corrected chi connectivity index (χ3v) is 3.58. The number of halogens is 1. The number of carbonyl (C=O) groups excluding carboxylic acids is 1. The van der Waals surface area contributed by atoms with Gasteiger partial charge in [-0.05, 0) is 17.2 Å². The molecule has 6 heteroatoms. The van der Waals surface area contributed by atoms with Gasteiger partial charge in [-0.15, -0.1) is 0 Å². The molecule has 0 saturated heterocycles. The second-order valence-corrected chi connectivity index (χ2v) is 5.30. The van der Waals surface area contributed by atoms with E-state index >= 15 is 0 Å². The predicted molar refractivity (Wildman–Crippen MR) is 88.8 cm³/mol. The second kappa shape index (κ2) is 9.00.